The van der Waals surface area contributed by atoms with E-state index in [0.29, 0.717) is 18.2 Å². The Hall–Kier alpha value is -3.59. The van der Waals surface area contributed by atoms with Crippen LogP contribution in [-0.2, 0) is 6.42 Å². The zero-order valence-corrected chi connectivity index (χ0v) is 20.3. The number of amides is 2. The second-order valence-corrected chi connectivity index (χ2v) is 9.28. The summed E-state index contributed by atoms with van der Waals surface area (Å²) < 4.78 is 13.3. The lowest BCUT2D eigenvalue weighted by Crippen LogP contribution is -2.37. The van der Waals surface area contributed by atoms with Crippen molar-refractivity contribution < 1.29 is 24.2 Å². The summed E-state index contributed by atoms with van der Waals surface area (Å²) in [6.07, 6.45) is 6.65. The summed E-state index contributed by atoms with van der Waals surface area (Å²) in [5, 5.41) is 26.5. The number of nitrogens with zero attached hydrogens (tertiary/aromatic N) is 2. The van der Waals surface area contributed by atoms with Crippen molar-refractivity contribution in [1.29, 1.82) is 0 Å². The first-order valence-corrected chi connectivity index (χ1v) is 12.4. The van der Waals surface area contributed by atoms with Crippen molar-refractivity contribution in [1.82, 2.24) is 20.6 Å². The van der Waals surface area contributed by atoms with Gasteiger partial charge in [-0.05, 0) is 55.0 Å². The molecule has 9 heteroatoms. The van der Waals surface area contributed by atoms with Gasteiger partial charge in [0.05, 0.1) is 6.10 Å². The largest absolute Gasteiger partial charge is 0.504 e. The normalized spacial score (nSPS) is 15.0. The third-order valence-electron chi connectivity index (χ3n) is 6.53. The number of halogens is 1. The second kappa shape index (κ2) is 11.4. The van der Waals surface area contributed by atoms with Crippen molar-refractivity contribution in [2.45, 2.75) is 64.0 Å². The summed E-state index contributed by atoms with van der Waals surface area (Å²) in [6.45, 7) is 1.77. The molecular weight excluding hydrogens is 463 g/mol. The molecule has 0 spiro atoms. The van der Waals surface area contributed by atoms with Crippen LogP contribution < -0.4 is 10.6 Å². The van der Waals surface area contributed by atoms with Gasteiger partial charge in [-0.2, -0.15) is 0 Å². The van der Waals surface area contributed by atoms with E-state index in [0.717, 1.165) is 43.2 Å². The van der Waals surface area contributed by atoms with Crippen LogP contribution in [0.3, 0.4) is 0 Å². The fourth-order valence-electron chi connectivity index (χ4n) is 4.42. The summed E-state index contributed by atoms with van der Waals surface area (Å²) in [7, 11) is 0. The Bertz CT molecular complexity index is 1240. The summed E-state index contributed by atoms with van der Waals surface area (Å²) in [4.78, 5) is 34.8. The predicted molar refractivity (Wildman–Crippen MR) is 133 cm³/mol. The van der Waals surface area contributed by atoms with Gasteiger partial charge in [0.15, 0.2) is 11.4 Å². The summed E-state index contributed by atoms with van der Waals surface area (Å²) in [5.41, 5.74) is 1.36. The molecule has 0 radical (unpaired) electrons. The van der Waals surface area contributed by atoms with Gasteiger partial charge in [-0.1, -0.05) is 38.3 Å². The number of carbonyl (C=O) groups is 2. The van der Waals surface area contributed by atoms with Crippen molar-refractivity contribution >= 4 is 22.7 Å². The number of aromatic hydroxyl groups is 1. The number of aromatic nitrogens is 2. The van der Waals surface area contributed by atoms with E-state index in [4.69, 9.17) is 0 Å². The zero-order chi connectivity index (χ0) is 25.7. The number of rotatable bonds is 8. The van der Waals surface area contributed by atoms with E-state index in [1.165, 1.54) is 12.1 Å². The zero-order valence-electron chi connectivity index (χ0n) is 20.3. The van der Waals surface area contributed by atoms with Crippen LogP contribution in [0.5, 0.6) is 5.75 Å². The van der Waals surface area contributed by atoms with E-state index in [2.05, 4.69) is 20.6 Å². The number of aliphatic hydroxyl groups is 1. The van der Waals surface area contributed by atoms with Crippen LogP contribution in [0.15, 0.2) is 36.5 Å². The number of nitrogens with one attached hydrogen (secondary N) is 2. The Kier molecular flexibility index (Phi) is 8.10. The number of aliphatic hydroxyl groups excluding tert-OH is 1. The smallest absolute Gasteiger partial charge is 0.273 e. The number of hydrogen-bond acceptors (Lipinski definition) is 6. The molecule has 1 saturated carbocycles. The Morgan fingerprint density at radius 1 is 1.08 bits per heavy atom. The van der Waals surface area contributed by atoms with E-state index >= 15 is 0 Å². The molecule has 4 N–H and O–H groups in total. The van der Waals surface area contributed by atoms with Crippen LogP contribution in [0, 0.1) is 5.82 Å². The van der Waals surface area contributed by atoms with Crippen molar-refractivity contribution in [3.8, 4) is 5.75 Å². The highest BCUT2D eigenvalue weighted by Gasteiger charge is 2.25. The van der Waals surface area contributed by atoms with Gasteiger partial charge < -0.3 is 20.8 Å². The molecule has 1 aliphatic carbocycles. The molecule has 1 atom stereocenters. The van der Waals surface area contributed by atoms with E-state index in [-0.39, 0.29) is 35.3 Å². The first-order valence-electron chi connectivity index (χ1n) is 12.4. The minimum Gasteiger partial charge on any atom is -0.504 e. The van der Waals surface area contributed by atoms with Crippen molar-refractivity contribution in [3.63, 3.8) is 0 Å². The van der Waals surface area contributed by atoms with Crippen LogP contribution in [0.2, 0.25) is 0 Å². The van der Waals surface area contributed by atoms with Gasteiger partial charge >= 0.3 is 0 Å². The van der Waals surface area contributed by atoms with Gasteiger partial charge in [0.1, 0.15) is 17.0 Å². The van der Waals surface area contributed by atoms with E-state index < -0.39 is 23.7 Å². The fourth-order valence-corrected chi connectivity index (χ4v) is 4.42. The number of pyridine rings is 2. The third-order valence-corrected chi connectivity index (χ3v) is 6.53. The van der Waals surface area contributed by atoms with Crippen molar-refractivity contribution in [2.75, 3.05) is 6.54 Å². The Balaban J connectivity index is 1.72. The molecule has 1 aromatic carbocycles. The molecule has 2 heterocycles. The van der Waals surface area contributed by atoms with Gasteiger partial charge in [0, 0.05) is 24.2 Å². The fraction of sp³-hybridized carbons (Fsp3) is 0.407. The summed E-state index contributed by atoms with van der Waals surface area (Å²) in [6, 6.07) is 7.83. The second-order valence-electron chi connectivity index (χ2n) is 9.28. The Labute approximate surface area is 209 Å². The first-order chi connectivity index (χ1) is 17.4. The number of carbonyl (C=O) groups excluding carboxylic acids is 2. The Morgan fingerprint density at radius 3 is 2.50 bits per heavy atom. The molecule has 0 saturated heterocycles. The maximum atomic E-state index is 13.3. The van der Waals surface area contributed by atoms with Crippen molar-refractivity contribution in [3.05, 3.63) is 64.9 Å². The quantitative estimate of drug-likeness (QED) is 0.379. The molecule has 2 aromatic heterocycles. The molecule has 1 fully saturated rings. The summed E-state index contributed by atoms with van der Waals surface area (Å²) >= 11 is 0. The number of hydrogen-bond donors (Lipinski definition) is 4. The summed E-state index contributed by atoms with van der Waals surface area (Å²) in [5.74, 6) is -1.90. The lowest BCUT2D eigenvalue weighted by atomic mass is 9.95. The minimum atomic E-state index is -0.738. The molecule has 8 nitrogen and oxygen atoms in total. The van der Waals surface area contributed by atoms with Gasteiger partial charge in [-0.3, -0.25) is 14.6 Å². The van der Waals surface area contributed by atoms with E-state index in [1.807, 2.05) is 0 Å². The average Bonchev–Trinajstić information content (AvgIpc) is 2.89. The van der Waals surface area contributed by atoms with Crippen LogP contribution in [0.25, 0.3) is 10.9 Å². The molecule has 0 aliphatic heterocycles. The van der Waals surface area contributed by atoms with Crippen LogP contribution >= 0.6 is 0 Å². The molecule has 4 rings (SSSR count). The lowest BCUT2D eigenvalue weighted by Gasteiger charge is -2.23. The molecular formula is C27H31FN4O4. The SMILES string of the molecule is CCC(O)CNC(=O)c1nc(C(=O)NC2CCCCC2)c2cc(Cc3ccc(F)cc3)cnc2c1O. The standard InChI is InChI=1S/C27H31FN4O4/c1-2-20(33)15-30-26(35)24-25(34)22-21(23(32-24)27(36)31-19-6-4-3-5-7-19)13-17(14-29-22)12-16-8-10-18(28)11-9-16/h8-11,13-14,19-20,33-34H,2-7,12,15H2,1H3,(H,30,35)(H,31,36). The molecule has 2 amide bonds. The van der Waals surface area contributed by atoms with E-state index in [1.54, 1.807) is 31.3 Å². The van der Waals surface area contributed by atoms with Crippen LogP contribution in [0.1, 0.15) is 77.6 Å². The first kappa shape index (κ1) is 25.5. The van der Waals surface area contributed by atoms with Gasteiger partial charge in [-0.25, -0.2) is 9.37 Å². The van der Waals surface area contributed by atoms with Gasteiger partial charge in [-0.15, -0.1) is 0 Å². The minimum absolute atomic E-state index is 0.00280. The molecule has 190 valence electrons. The third kappa shape index (κ3) is 5.96. The molecule has 0 bridgehead atoms. The predicted octanol–water partition coefficient (Wildman–Crippen LogP) is 3.63. The molecule has 36 heavy (non-hydrogen) atoms. The number of fused-ring (bicyclic) bond motifs is 1. The highest BCUT2D eigenvalue weighted by Crippen LogP contribution is 2.30. The molecule has 3 aromatic rings. The van der Waals surface area contributed by atoms with Gasteiger partial charge in [0.2, 0.25) is 0 Å². The monoisotopic (exact) mass is 494 g/mol. The molecule has 1 unspecified atom stereocenters. The van der Waals surface area contributed by atoms with Crippen LogP contribution in [-0.4, -0.2) is 50.7 Å². The van der Waals surface area contributed by atoms with Gasteiger partial charge in [0.25, 0.3) is 11.8 Å². The topological polar surface area (TPSA) is 124 Å². The maximum Gasteiger partial charge on any atom is 0.273 e. The van der Waals surface area contributed by atoms with E-state index in [9.17, 15) is 24.2 Å². The average molecular weight is 495 g/mol. The molecule has 1 aliphatic rings. The van der Waals surface area contributed by atoms with Crippen LogP contribution in [0.4, 0.5) is 4.39 Å². The highest BCUT2D eigenvalue weighted by atomic mass is 19.1. The number of benzene rings is 1. The lowest BCUT2D eigenvalue weighted by molar-refractivity contribution is 0.0905. The highest BCUT2D eigenvalue weighted by molar-refractivity contribution is 6.09. The van der Waals surface area contributed by atoms with Crippen molar-refractivity contribution in [2.24, 2.45) is 0 Å². The Morgan fingerprint density at radius 2 is 1.81 bits per heavy atom. The maximum absolute atomic E-state index is 13.3.